The minimum absolute atomic E-state index is 0.0788. The summed E-state index contributed by atoms with van der Waals surface area (Å²) >= 11 is 0. The van der Waals surface area contributed by atoms with Crippen LogP contribution in [0.4, 0.5) is 3.89 Å². The molecular formula is C12H16FNO5S2. The first-order valence-corrected chi connectivity index (χ1v) is 9.03. The summed E-state index contributed by atoms with van der Waals surface area (Å²) in [6.45, 7) is 4.25. The SMILES string of the molecule is CC1(C)COCCN1S(=O)(=O)c1ccc(S(=O)(=O)F)cc1. The molecule has 1 aromatic rings. The van der Waals surface area contributed by atoms with Gasteiger partial charge in [0.25, 0.3) is 0 Å². The van der Waals surface area contributed by atoms with E-state index in [-0.39, 0.29) is 18.0 Å². The Morgan fingerprint density at radius 1 is 1.10 bits per heavy atom. The van der Waals surface area contributed by atoms with Crippen LogP contribution in [0.25, 0.3) is 0 Å². The molecule has 6 nitrogen and oxygen atoms in total. The molecule has 118 valence electrons. The monoisotopic (exact) mass is 337 g/mol. The van der Waals surface area contributed by atoms with Gasteiger partial charge in [0.2, 0.25) is 10.0 Å². The Morgan fingerprint density at radius 2 is 1.62 bits per heavy atom. The maximum Gasteiger partial charge on any atom is 0.332 e. The first-order valence-electron chi connectivity index (χ1n) is 6.20. The molecule has 1 fully saturated rings. The average molecular weight is 337 g/mol. The zero-order chi connectivity index (χ0) is 15.9. The highest BCUT2D eigenvalue weighted by molar-refractivity contribution is 7.89. The number of hydrogen-bond donors (Lipinski definition) is 0. The van der Waals surface area contributed by atoms with E-state index in [1.165, 1.54) is 4.31 Å². The van der Waals surface area contributed by atoms with E-state index in [0.717, 1.165) is 24.3 Å². The van der Waals surface area contributed by atoms with Crippen LogP contribution < -0.4 is 0 Å². The van der Waals surface area contributed by atoms with Gasteiger partial charge in [-0.2, -0.15) is 12.7 Å². The minimum atomic E-state index is -4.84. The van der Waals surface area contributed by atoms with Gasteiger partial charge in [0.15, 0.2) is 0 Å². The molecule has 21 heavy (non-hydrogen) atoms. The third-order valence-corrected chi connectivity index (χ3v) is 6.22. The van der Waals surface area contributed by atoms with E-state index in [4.69, 9.17) is 4.74 Å². The van der Waals surface area contributed by atoms with E-state index in [0.29, 0.717) is 6.61 Å². The summed E-state index contributed by atoms with van der Waals surface area (Å²) in [6.07, 6.45) is 0. The van der Waals surface area contributed by atoms with Crippen LogP contribution in [-0.2, 0) is 25.0 Å². The molecule has 0 saturated carbocycles. The first kappa shape index (κ1) is 16.3. The fourth-order valence-corrected chi connectivity index (χ4v) is 4.40. The normalized spacial score (nSPS) is 20.3. The number of benzene rings is 1. The molecular weight excluding hydrogens is 321 g/mol. The van der Waals surface area contributed by atoms with Crippen molar-refractivity contribution in [3.8, 4) is 0 Å². The van der Waals surface area contributed by atoms with Gasteiger partial charge in [-0.05, 0) is 38.1 Å². The summed E-state index contributed by atoms with van der Waals surface area (Å²) in [6, 6.07) is 4.06. The standard InChI is InChI=1S/C12H16FNO5S2/c1-12(2)9-19-8-7-14(12)21(17,18)11-5-3-10(4-6-11)20(13,15)16/h3-6H,7-9H2,1-2H3. The third-order valence-electron chi connectivity index (χ3n) is 3.26. The zero-order valence-corrected chi connectivity index (χ0v) is 13.2. The second-order valence-electron chi connectivity index (χ2n) is 5.35. The van der Waals surface area contributed by atoms with Crippen molar-refractivity contribution in [3.63, 3.8) is 0 Å². The highest BCUT2D eigenvalue weighted by Gasteiger charge is 2.39. The molecule has 9 heteroatoms. The highest BCUT2D eigenvalue weighted by Crippen LogP contribution is 2.28. The van der Waals surface area contributed by atoms with Crippen LogP contribution in [0.5, 0.6) is 0 Å². The lowest BCUT2D eigenvalue weighted by Gasteiger charge is -2.40. The molecule has 1 heterocycles. The van der Waals surface area contributed by atoms with Crippen molar-refractivity contribution in [1.82, 2.24) is 4.31 Å². The molecule has 0 aromatic heterocycles. The second kappa shape index (κ2) is 5.31. The maximum atomic E-state index is 12.8. The highest BCUT2D eigenvalue weighted by atomic mass is 32.3. The van der Waals surface area contributed by atoms with Gasteiger partial charge < -0.3 is 4.74 Å². The van der Waals surface area contributed by atoms with Crippen molar-refractivity contribution in [2.24, 2.45) is 0 Å². The molecule has 1 aliphatic heterocycles. The summed E-state index contributed by atoms with van der Waals surface area (Å²) in [7, 11) is -8.64. The van der Waals surface area contributed by atoms with Gasteiger partial charge in [0.05, 0.1) is 28.5 Å². The lowest BCUT2D eigenvalue weighted by atomic mass is 10.1. The molecule has 0 aliphatic carbocycles. The van der Waals surface area contributed by atoms with E-state index in [9.17, 15) is 20.7 Å². The molecule has 0 amide bonds. The first-order chi connectivity index (χ1) is 9.55. The predicted octanol–water partition coefficient (Wildman–Crippen LogP) is 1.14. The molecule has 0 spiro atoms. The average Bonchev–Trinajstić information content (AvgIpc) is 2.37. The van der Waals surface area contributed by atoms with Gasteiger partial charge in [-0.1, -0.05) is 0 Å². The molecule has 0 radical (unpaired) electrons. The zero-order valence-electron chi connectivity index (χ0n) is 11.6. The van der Waals surface area contributed by atoms with Gasteiger partial charge >= 0.3 is 10.2 Å². The van der Waals surface area contributed by atoms with E-state index < -0.39 is 30.7 Å². The summed E-state index contributed by atoms with van der Waals surface area (Å²) in [5.74, 6) is 0. The van der Waals surface area contributed by atoms with Crippen LogP contribution in [0.3, 0.4) is 0 Å². The fraction of sp³-hybridized carbons (Fsp3) is 0.500. The Balaban J connectivity index is 2.40. The second-order valence-corrected chi connectivity index (χ2v) is 8.56. The van der Waals surface area contributed by atoms with Crippen molar-refractivity contribution in [3.05, 3.63) is 24.3 Å². The Bertz CT molecular complexity index is 725. The van der Waals surface area contributed by atoms with Crippen molar-refractivity contribution < 1.29 is 25.5 Å². The Kier molecular flexibility index (Phi) is 4.13. The molecule has 2 rings (SSSR count). The van der Waals surface area contributed by atoms with Gasteiger partial charge in [-0.15, -0.1) is 3.89 Å². The molecule has 0 unspecified atom stereocenters. The van der Waals surface area contributed by atoms with Crippen LogP contribution in [0.2, 0.25) is 0 Å². The topological polar surface area (TPSA) is 80.8 Å². The lowest BCUT2D eigenvalue weighted by Crippen LogP contribution is -2.55. The Hall–Kier alpha value is -1.03. The number of sulfonamides is 1. The lowest BCUT2D eigenvalue weighted by molar-refractivity contribution is -0.00771. The van der Waals surface area contributed by atoms with Crippen molar-refractivity contribution in [2.75, 3.05) is 19.8 Å². The Morgan fingerprint density at radius 3 is 2.10 bits per heavy atom. The minimum Gasteiger partial charge on any atom is -0.378 e. The molecule has 1 aliphatic rings. The largest absolute Gasteiger partial charge is 0.378 e. The van der Waals surface area contributed by atoms with Crippen molar-refractivity contribution in [1.29, 1.82) is 0 Å². The quantitative estimate of drug-likeness (QED) is 0.773. The summed E-state index contributed by atoms with van der Waals surface area (Å²) in [5, 5.41) is 0. The number of hydrogen-bond acceptors (Lipinski definition) is 5. The predicted molar refractivity (Wildman–Crippen MR) is 73.5 cm³/mol. The number of halogens is 1. The van der Waals surface area contributed by atoms with Crippen molar-refractivity contribution >= 4 is 20.2 Å². The Labute approximate surface area is 123 Å². The van der Waals surface area contributed by atoms with Crippen LogP contribution >= 0.6 is 0 Å². The van der Waals surface area contributed by atoms with Gasteiger partial charge in [0, 0.05) is 6.54 Å². The summed E-state index contributed by atoms with van der Waals surface area (Å²) in [5.41, 5.74) is -0.706. The molecule has 0 N–H and O–H groups in total. The van der Waals surface area contributed by atoms with Gasteiger partial charge in [0.1, 0.15) is 0 Å². The summed E-state index contributed by atoms with van der Waals surface area (Å²) < 4.78 is 66.1. The van der Waals surface area contributed by atoms with Gasteiger partial charge in [-0.25, -0.2) is 8.42 Å². The summed E-state index contributed by atoms with van der Waals surface area (Å²) in [4.78, 5) is -0.646. The smallest absolute Gasteiger partial charge is 0.332 e. The number of rotatable bonds is 3. The van der Waals surface area contributed by atoms with Gasteiger partial charge in [-0.3, -0.25) is 0 Å². The van der Waals surface area contributed by atoms with Crippen LogP contribution in [0.15, 0.2) is 34.1 Å². The maximum absolute atomic E-state index is 12.8. The van der Waals surface area contributed by atoms with Crippen molar-refractivity contribution in [2.45, 2.75) is 29.2 Å². The van der Waals surface area contributed by atoms with E-state index >= 15 is 0 Å². The molecule has 1 saturated heterocycles. The number of nitrogens with zero attached hydrogens (tertiary/aromatic N) is 1. The molecule has 1 aromatic carbocycles. The molecule has 0 atom stereocenters. The number of morpholine rings is 1. The molecule has 0 bridgehead atoms. The van der Waals surface area contributed by atoms with Crippen LogP contribution in [0, 0.1) is 0 Å². The van der Waals surface area contributed by atoms with E-state index in [1.807, 2.05) is 0 Å². The van der Waals surface area contributed by atoms with E-state index in [1.54, 1.807) is 13.8 Å². The van der Waals surface area contributed by atoms with Crippen LogP contribution in [0.1, 0.15) is 13.8 Å². The third kappa shape index (κ3) is 3.25. The fourth-order valence-electron chi connectivity index (χ4n) is 2.19. The van der Waals surface area contributed by atoms with Crippen LogP contribution in [-0.4, -0.2) is 46.4 Å². The van der Waals surface area contributed by atoms with E-state index in [2.05, 4.69) is 0 Å². The number of ether oxygens (including phenoxy) is 1.